The molecule has 0 bridgehead atoms. The number of ether oxygens (including phenoxy) is 2. The van der Waals surface area contributed by atoms with Gasteiger partial charge in [0.15, 0.2) is 6.29 Å². The van der Waals surface area contributed by atoms with Crippen LogP contribution in [0.2, 0.25) is 0 Å². The molecule has 0 aromatic rings. The first-order valence-corrected chi connectivity index (χ1v) is 5.78. The molecule has 1 atom stereocenters. The topological polar surface area (TPSA) is 44.5 Å². The molecule has 14 heavy (non-hydrogen) atoms. The van der Waals surface area contributed by atoms with Crippen LogP contribution in [0.15, 0.2) is 0 Å². The van der Waals surface area contributed by atoms with Gasteiger partial charge < -0.3 is 15.2 Å². The van der Waals surface area contributed by atoms with Crippen molar-refractivity contribution in [3.8, 4) is 0 Å². The van der Waals surface area contributed by atoms with Crippen molar-refractivity contribution in [3.05, 3.63) is 0 Å². The molecule has 2 N–H and O–H groups in total. The molecule has 0 heterocycles. The fourth-order valence-electron chi connectivity index (χ4n) is 2.16. The summed E-state index contributed by atoms with van der Waals surface area (Å²) in [6.07, 6.45) is 4.88. The van der Waals surface area contributed by atoms with E-state index >= 15 is 0 Å². The summed E-state index contributed by atoms with van der Waals surface area (Å²) in [6.45, 7) is 5.30. The third-order valence-electron chi connectivity index (χ3n) is 2.92. The smallest absolute Gasteiger partial charge is 0.172 e. The van der Waals surface area contributed by atoms with Crippen molar-refractivity contribution >= 4 is 0 Å². The van der Waals surface area contributed by atoms with E-state index in [0.717, 1.165) is 0 Å². The van der Waals surface area contributed by atoms with Crippen molar-refractivity contribution in [2.24, 2.45) is 11.7 Å². The van der Waals surface area contributed by atoms with E-state index in [9.17, 15) is 0 Å². The van der Waals surface area contributed by atoms with Gasteiger partial charge in [0.25, 0.3) is 0 Å². The Balaban J connectivity index is 2.39. The standard InChI is InChI=1S/C11H23NO2/c1-3-13-11(14-4-2)10(12)9-7-5-6-8-9/h9-11H,3-8,12H2,1-2H3. The maximum atomic E-state index is 6.15. The SMILES string of the molecule is CCOC(OCC)C(N)C1CCCC1. The molecule has 84 valence electrons. The first kappa shape index (κ1) is 12.0. The third-order valence-corrected chi connectivity index (χ3v) is 2.92. The molecule has 0 radical (unpaired) electrons. The average Bonchev–Trinajstić information content (AvgIpc) is 2.69. The zero-order valence-electron chi connectivity index (χ0n) is 9.37. The van der Waals surface area contributed by atoms with Gasteiger partial charge in [-0.1, -0.05) is 12.8 Å². The molecule has 1 aliphatic carbocycles. The second kappa shape index (κ2) is 6.38. The van der Waals surface area contributed by atoms with Crippen LogP contribution in [0.1, 0.15) is 39.5 Å². The first-order valence-electron chi connectivity index (χ1n) is 5.78. The molecule has 3 heteroatoms. The van der Waals surface area contributed by atoms with Gasteiger partial charge in [0.1, 0.15) is 0 Å². The largest absolute Gasteiger partial charge is 0.351 e. The van der Waals surface area contributed by atoms with E-state index in [0.29, 0.717) is 19.1 Å². The molecule has 0 saturated heterocycles. The molecule has 1 unspecified atom stereocenters. The third kappa shape index (κ3) is 3.23. The van der Waals surface area contributed by atoms with Crippen molar-refractivity contribution in [2.45, 2.75) is 51.9 Å². The molecule has 1 fully saturated rings. The lowest BCUT2D eigenvalue weighted by Crippen LogP contribution is -2.43. The second-order valence-electron chi connectivity index (χ2n) is 3.90. The van der Waals surface area contributed by atoms with Crippen molar-refractivity contribution in [1.29, 1.82) is 0 Å². The van der Waals surface area contributed by atoms with Crippen LogP contribution in [-0.4, -0.2) is 25.5 Å². The monoisotopic (exact) mass is 201 g/mol. The number of rotatable bonds is 6. The molecule has 1 aliphatic rings. The Morgan fingerprint density at radius 1 is 1.14 bits per heavy atom. The summed E-state index contributed by atoms with van der Waals surface area (Å²) in [5.74, 6) is 0.595. The Morgan fingerprint density at radius 2 is 1.64 bits per heavy atom. The molecular formula is C11H23NO2. The highest BCUT2D eigenvalue weighted by molar-refractivity contribution is 4.80. The summed E-state index contributed by atoms with van der Waals surface area (Å²) < 4.78 is 11.0. The minimum atomic E-state index is -0.201. The van der Waals surface area contributed by atoms with Gasteiger partial charge in [-0.25, -0.2) is 0 Å². The van der Waals surface area contributed by atoms with Gasteiger partial charge in [0.2, 0.25) is 0 Å². The second-order valence-corrected chi connectivity index (χ2v) is 3.90. The fraction of sp³-hybridized carbons (Fsp3) is 1.00. The van der Waals surface area contributed by atoms with E-state index in [4.69, 9.17) is 15.2 Å². The minimum Gasteiger partial charge on any atom is -0.351 e. The Hall–Kier alpha value is -0.120. The zero-order chi connectivity index (χ0) is 10.4. The lowest BCUT2D eigenvalue weighted by molar-refractivity contribution is -0.155. The van der Waals surface area contributed by atoms with E-state index in [1.807, 2.05) is 13.8 Å². The van der Waals surface area contributed by atoms with E-state index in [2.05, 4.69) is 0 Å². The predicted octanol–water partition coefficient (Wildman–Crippen LogP) is 1.90. The summed E-state index contributed by atoms with van der Waals surface area (Å²) in [5.41, 5.74) is 6.15. The molecule has 0 aromatic carbocycles. The predicted molar refractivity (Wildman–Crippen MR) is 57.0 cm³/mol. The summed E-state index contributed by atoms with van der Waals surface area (Å²) in [7, 11) is 0. The van der Waals surface area contributed by atoms with Gasteiger partial charge in [-0.2, -0.15) is 0 Å². The molecular weight excluding hydrogens is 178 g/mol. The van der Waals surface area contributed by atoms with Crippen LogP contribution >= 0.6 is 0 Å². The van der Waals surface area contributed by atoms with E-state index in [1.165, 1.54) is 25.7 Å². The highest BCUT2D eigenvalue weighted by Crippen LogP contribution is 2.28. The number of hydrogen-bond acceptors (Lipinski definition) is 3. The normalized spacial score (nSPS) is 20.6. The summed E-state index contributed by atoms with van der Waals surface area (Å²) >= 11 is 0. The van der Waals surface area contributed by atoms with Gasteiger partial charge in [0.05, 0.1) is 6.04 Å². The molecule has 3 nitrogen and oxygen atoms in total. The lowest BCUT2D eigenvalue weighted by atomic mass is 9.98. The van der Waals surface area contributed by atoms with Crippen LogP contribution in [0.25, 0.3) is 0 Å². The van der Waals surface area contributed by atoms with Crippen molar-refractivity contribution in [2.75, 3.05) is 13.2 Å². The van der Waals surface area contributed by atoms with Crippen LogP contribution < -0.4 is 5.73 Å². The highest BCUT2D eigenvalue weighted by Gasteiger charge is 2.29. The minimum absolute atomic E-state index is 0.0531. The first-order chi connectivity index (χ1) is 6.79. The average molecular weight is 201 g/mol. The Bertz CT molecular complexity index is 140. The summed E-state index contributed by atoms with van der Waals surface area (Å²) in [4.78, 5) is 0. The Labute approximate surface area is 86.9 Å². The van der Waals surface area contributed by atoms with Crippen LogP contribution in [0.3, 0.4) is 0 Å². The maximum absolute atomic E-state index is 6.15. The van der Waals surface area contributed by atoms with Gasteiger partial charge in [0, 0.05) is 13.2 Å². The summed E-state index contributed by atoms with van der Waals surface area (Å²) in [6, 6.07) is 0.0531. The quantitative estimate of drug-likeness (QED) is 0.668. The molecule has 0 aliphatic heterocycles. The van der Waals surface area contributed by atoms with Crippen molar-refractivity contribution < 1.29 is 9.47 Å². The fourth-order valence-corrected chi connectivity index (χ4v) is 2.16. The maximum Gasteiger partial charge on any atom is 0.172 e. The molecule has 0 amide bonds. The van der Waals surface area contributed by atoms with Gasteiger partial charge in [-0.15, -0.1) is 0 Å². The lowest BCUT2D eigenvalue weighted by Gasteiger charge is -2.27. The Morgan fingerprint density at radius 3 is 2.07 bits per heavy atom. The molecule has 0 spiro atoms. The number of hydrogen-bond donors (Lipinski definition) is 1. The zero-order valence-corrected chi connectivity index (χ0v) is 9.37. The van der Waals surface area contributed by atoms with Crippen molar-refractivity contribution in [3.63, 3.8) is 0 Å². The molecule has 1 saturated carbocycles. The van der Waals surface area contributed by atoms with Crippen molar-refractivity contribution in [1.82, 2.24) is 0 Å². The van der Waals surface area contributed by atoms with Crippen LogP contribution in [0.4, 0.5) is 0 Å². The van der Waals surface area contributed by atoms with Gasteiger partial charge in [-0.05, 0) is 32.6 Å². The molecule has 0 aromatic heterocycles. The van der Waals surface area contributed by atoms with E-state index < -0.39 is 0 Å². The highest BCUT2D eigenvalue weighted by atomic mass is 16.7. The van der Waals surface area contributed by atoms with E-state index in [-0.39, 0.29) is 12.3 Å². The van der Waals surface area contributed by atoms with E-state index in [1.54, 1.807) is 0 Å². The van der Waals surface area contributed by atoms with Crippen LogP contribution in [0.5, 0.6) is 0 Å². The van der Waals surface area contributed by atoms with Crippen LogP contribution in [0, 0.1) is 5.92 Å². The van der Waals surface area contributed by atoms with Gasteiger partial charge >= 0.3 is 0 Å². The number of nitrogens with two attached hydrogens (primary N) is 1. The summed E-state index contributed by atoms with van der Waals surface area (Å²) in [5, 5.41) is 0. The van der Waals surface area contributed by atoms with Gasteiger partial charge in [-0.3, -0.25) is 0 Å². The molecule has 1 rings (SSSR count). The van der Waals surface area contributed by atoms with Crippen LogP contribution in [-0.2, 0) is 9.47 Å². The Kier molecular flexibility index (Phi) is 5.45.